The van der Waals surface area contributed by atoms with E-state index in [0.717, 1.165) is 57.8 Å². The van der Waals surface area contributed by atoms with E-state index in [9.17, 15) is 9.90 Å². The Balaban J connectivity index is 3.35. The zero-order chi connectivity index (χ0) is 19.3. The van der Waals surface area contributed by atoms with Crippen molar-refractivity contribution in [2.45, 2.75) is 116 Å². The fourth-order valence-corrected chi connectivity index (χ4v) is 2.99. The molecule has 0 aliphatic heterocycles. The average molecular weight is 367 g/mol. The van der Waals surface area contributed by atoms with Crippen LogP contribution in [0.3, 0.4) is 0 Å². The van der Waals surface area contributed by atoms with Crippen LogP contribution in [0.15, 0.2) is 24.3 Å². The minimum Gasteiger partial charge on any atom is -0.481 e. The number of rotatable bonds is 19. The standard InChI is InChI=1S/C23H42O3/c1-2-3-4-5-6-7-8-9-10-13-16-19-22(24)20-17-14-11-12-15-18-21-23(25)26/h8-9,13,16,22,24H,2-7,10-12,14-15,17-21H2,1H3,(H,25,26). The lowest BCUT2D eigenvalue weighted by atomic mass is 10.0. The monoisotopic (exact) mass is 366 g/mol. The lowest BCUT2D eigenvalue weighted by Gasteiger charge is -2.07. The minimum atomic E-state index is -0.695. The highest BCUT2D eigenvalue weighted by Gasteiger charge is 2.01. The zero-order valence-corrected chi connectivity index (χ0v) is 17.0. The third kappa shape index (κ3) is 21.0. The second kappa shape index (κ2) is 20.2. The molecular formula is C23H42O3. The van der Waals surface area contributed by atoms with Gasteiger partial charge in [-0.3, -0.25) is 4.79 Å². The van der Waals surface area contributed by atoms with E-state index in [1.807, 2.05) is 0 Å². The molecule has 0 heterocycles. The number of carboxylic acids is 1. The number of unbranched alkanes of at least 4 members (excludes halogenated alkanes) is 10. The number of aliphatic hydroxyl groups excluding tert-OH is 1. The Bertz CT molecular complexity index is 360. The maximum absolute atomic E-state index is 10.4. The van der Waals surface area contributed by atoms with Gasteiger partial charge in [0.05, 0.1) is 6.10 Å². The van der Waals surface area contributed by atoms with E-state index in [2.05, 4.69) is 31.2 Å². The first-order valence-corrected chi connectivity index (χ1v) is 10.9. The number of allylic oxidation sites excluding steroid dienone is 3. The zero-order valence-electron chi connectivity index (χ0n) is 17.0. The number of aliphatic carboxylic acids is 1. The van der Waals surface area contributed by atoms with Crippen molar-refractivity contribution in [1.29, 1.82) is 0 Å². The van der Waals surface area contributed by atoms with Gasteiger partial charge in [-0.2, -0.15) is 0 Å². The molecule has 0 aromatic carbocycles. The Morgan fingerprint density at radius 1 is 0.808 bits per heavy atom. The van der Waals surface area contributed by atoms with Crippen LogP contribution in [0, 0.1) is 0 Å². The summed E-state index contributed by atoms with van der Waals surface area (Å²) < 4.78 is 0. The van der Waals surface area contributed by atoms with Gasteiger partial charge in [0.15, 0.2) is 0 Å². The van der Waals surface area contributed by atoms with Gasteiger partial charge < -0.3 is 10.2 Å². The molecule has 0 aromatic rings. The highest BCUT2D eigenvalue weighted by Crippen LogP contribution is 2.11. The van der Waals surface area contributed by atoms with E-state index in [0.29, 0.717) is 6.42 Å². The van der Waals surface area contributed by atoms with Crippen LogP contribution in [0.1, 0.15) is 110 Å². The quantitative estimate of drug-likeness (QED) is 0.195. The minimum absolute atomic E-state index is 0.221. The predicted molar refractivity (Wildman–Crippen MR) is 111 cm³/mol. The molecule has 2 N–H and O–H groups in total. The first-order valence-electron chi connectivity index (χ1n) is 10.9. The van der Waals surface area contributed by atoms with Gasteiger partial charge >= 0.3 is 5.97 Å². The van der Waals surface area contributed by atoms with Gasteiger partial charge in [0, 0.05) is 6.42 Å². The number of hydrogen-bond donors (Lipinski definition) is 2. The first kappa shape index (κ1) is 24.9. The summed E-state index contributed by atoms with van der Waals surface area (Å²) in [6.07, 6.45) is 25.5. The number of aliphatic hydroxyl groups is 1. The van der Waals surface area contributed by atoms with Crippen LogP contribution in [0.25, 0.3) is 0 Å². The van der Waals surface area contributed by atoms with E-state index in [-0.39, 0.29) is 6.10 Å². The van der Waals surface area contributed by atoms with Gasteiger partial charge in [-0.05, 0) is 38.5 Å². The van der Waals surface area contributed by atoms with Crippen LogP contribution in [-0.2, 0) is 4.79 Å². The highest BCUT2D eigenvalue weighted by molar-refractivity contribution is 5.66. The molecule has 3 nitrogen and oxygen atoms in total. The molecule has 0 spiro atoms. The summed E-state index contributed by atoms with van der Waals surface area (Å²) in [4.78, 5) is 10.4. The van der Waals surface area contributed by atoms with Crippen molar-refractivity contribution in [2.75, 3.05) is 0 Å². The fourth-order valence-electron chi connectivity index (χ4n) is 2.99. The SMILES string of the molecule is CCCCCCCC=CCC=CCC(O)CCCCCCCCC(=O)O. The second-order valence-electron chi connectivity index (χ2n) is 7.32. The molecule has 26 heavy (non-hydrogen) atoms. The Kier molecular flexibility index (Phi) is 19.4. The third-order valence-electron chi connectivity index (χ3n) is 4.67. The van der Waals surface area contributed by atoms with Crippen molar-refractivity contribution >= 4 is 5.97 Å². The van der Waals surface area contributed by atoms with Gasteiger partial charge in [-0.15, -0.1) is 0 Å². The second-order valence-corrected chi connectivity index (χ2v) is 7.32. The molecule has 1 unspecified atom stereocenters. The van der Waals surface area contributed by atoms with Crippen molar-refractivity contribution in [3.63, 3.8) is 0 Å². The van der Waals surface area contributed by atoms with Crippen molar-refractivity contribution < 1.29 is 15.0 Å². The summed E-state index contributed by atoms with van der Waals surface area (Å²) in [7, 11) is 0. The number of hydrogen-bond acceptors (Lipinski definition) is 2. The van der Waals surface area contributed by atoms with Crippen LogP contribution in [-0.4, -0.2) is 22.3 Å². The summed E-state index contributed by atoms with van der Waals surface area (Å²) in [6.45, 7) is 2.25. The summed E-state index contributed by atoms with van der Waals surface area (Å²) in [5.74, 6) is -0.695. The maximum Gasteiger partial charge on any atom is 0.303 e. The molecule has 0 radical (unpaired) electrons. The van der Waals surface area contributed by atoms with Gasteiger partial charge in [0.1, 0.15) is 0 Å². The summed E-state index contributed by atoms with van der Waals surface area (Å²) >= 11 is 0. The average Bonchev–Trinajstić information content (AvgIpc) is 2.61. The van der Waals surface area contributed by atoms with Crippen molar-refractivity contribution in [3.05, 3.63) is 24.3 Å². The van der Waals surface area contributed by atoms with Crippen LogP contribution in [0.2, 0.25) is 0 Å². The van der Waals surface area contributed by atoms with Gasteiger partial charge in [-0.1, -0.05) is 89.0 Å². The van der Waals surface area contributed by atoms with Crippen molar-refractivity contribution in [1.82, 2.24) is 0 Å². The fraction of sp³-hybridized carbons (Fsp3) is 0.783. The molecule has 0 fully saturated rings. The van der Waals surface area contributed by atoms with E-state index < -0.39 is 5.97 Å². The Hall–Kier alpha value is -1.09. The molecule has 0 rings (SSSR count). The Morgan fingerprint density at radius 2 is 1.42 bits per heavy atom. The molecular weight excluding hydrogens is 324 g/mol. The number of carbonyl (C=O) groups is 1. The highest BCUT2D eigenvalue weighted by atomic mass is 16.4. The molecule has 0 saturated carbocycles. The number of carboxylic acid groups (broad SMARTS) is 1. The van der Waals surface area contributed by atoms with Gasteiger partial charge in [0.2, 0.25) is 0 Å². The van der Waals surface area contributed by atoms with E-state index >= 15 is 0 Å². The van der Waals surface area contributed by atoms with Crippen LogP contribution in [0.4, 0.5) is 0 Å². The van der Waals surface area contributed by atoms with Gasteiger partial charge in [0.25, 0.3) is 0 Å². The molecule has 152 valence electrons. The van der Waals surface area contributed by atoms with E-state index in [1.165, 1.54) is 38.5 Å². The molecule has 1 atom stereocenters. The first-order chi connectivity index (χ1) is 12.7. The Morgan fingerprint density at radius 3 is 2.15 bits per heavy atom. The Labute approximate surface area is 161 Å². The smallest absolute Gasteiger partial charge is 0.303 e. The van der Waals surface area contributed by atoms with Crippen molar-refractivity contribution in [3.8, 4) is 0 Å². The molecule has 0 aliphatic carbocycles. The summed E-state index contributed by atoms with van der Waals surface area (Å²) in [6, 6.07) is 0. The topological polar surface area (TPSA) is 57.5 Å². The predicted octanol–water partition coefficient (Wildman–Crippen LogP) is 6.81. The maximum atomic E-state index is 10.4. The summed E-state index contributed by atoms with van der Waals surface area (Å²) in [5, 5.41) is 18.5. The van der Waals surface area contributed by atoms with E-state index in [1.54, 1.807) is 0 Å². The molecule has 0 bridgehead atoms. The third-order valence-corrected chi connectivity index (χ3v) is 4.67. The molecule has 0 saturated heterocycles. The molecule has 0 aromatic heterocycles. The lowest BCUT2D eigenvalue weighted by molar-refractivity contribution is -0.137. The van der Waals surface area contributed by atoms with Gasteiger partial charge in [-0.25, -0.2) is 0 Å². The van der Waals surface area contributed by atoms with E-state index in [4.69, 9.17) is 5.11 Å². The lowest BCUT2D eigenvalue weighted by Crippen LogP contribution is -2.04. The molecule has 0 amide bonds. The normalized spacial score (nSPS) is 13.0. The molecule has 0 aliphatic rings. The summed E-state index contributed by atoms with van der Waals surface area (Å²) in [5.41, 5.74) is 0. The molecule has 3 heteroatoms. The van der Waals surface area contributed by atoms with Crippen LogP contribution in [0.5, 0.6) is 0 Å². The largest absolute Gasteiger partial charge is 0.481 e. The van der Waals surface area contributed by atoms with Crippen LogP contribution < -0.4 is 0 Å². The van der Waals surface area contributed by atoms with Crippen molar-refractivity contribution in [2.24, 2.45) is 0 Å². The van der Waals surface area contributed by atoms with Crippen LogP contribution >= 0.6 is 0 Å².